The van der Waals surface area contributed by atoms with Crippen molar-refractivity contribution < 1.29 is 27.5 Å². The Morgan fingerprint density at radius 2 is 1.59 bits per heavy atom. The molecule has 0 aliphatic rings. The molecule has 0 spiro atoms. The zero-order chi connectivity index (χ0) is 29.4. The summed E-state index contributed by atoms with van der Waals surface area (Å²) in [5.41, 5.74) is 3.48. The third kappa shape index (κ3) is 8.42. The van der Waals surface area contributed by atoms with Crippen molar-refractivity contribution in [3.63, 3.8) is 0 Å². The monoisotopic (exact) mass is 591 g/mol. The van der Waals surface area contributed by atoms with Crippen LogP contribution in [0.5, 0.6) is 11.5 Å². The molecule has 1 N–H and O–H groups in total. The van der Waals surface area contributed by atoms with Crippen molar-refractivity contribution in [2.75, 3.05) is 19.4 Å². The Morgan fingerprint density at radius 3 is 2.27 bits per heavy atom. The normalized spacial score (nSPS) is 11.1. The van der Waals surface area contributed by atoms with Gasteiger partial charge in [-0.05, 0) is 90.7 Å². The number of sulfone groups is 1. The van der Waals surface area contributed by atoms with Crippen LogP contribution < -0.4 is 10.1 Å². The third-order valence-electron chi connectivity index (χ3n) is 6.23. The Bertz CT molecular complexity index is 1630. The van der Waals surface area contributed by atoms with Crippen LogP contribution in [0, 0.1) is 0 Å². The van der Waals surface area contributed by atoms with Gasteiger partial charge in [0.1, 0.15) is 11.5 Å². The zero-order valence-electron chi connectivity index (χ0n) is 22.7. The van der Waals surface area contributed by atoms with Gasteiger partial charge in [-0.1, -0.05) is 41.9 Å². The van der Waals surface area contributed by atoms with Crippen LogP contribution in [0.15, 0.2) is 95.9 Å². The van der Waals surface area contributed by atoms with Gasteiger partial charge in [-0.2, -0.15) is 0 Å². The number of rotatable bonds is 11. The van der Waals surface area contributed by atoms with E-state index in [4.69, 9.17) is 21.1 Å². The predicted octanol–water partition coefficient (Wildman–Crippen LogP) is 6.28. The highest BCUT2D eigenvalue weighted by atomic mass is 35.5. The van der Waals surface area contributed by atoms with Crippen LogP contribution in [-0.2, 0) is 32.2 Å². The number of carbonyl (C=O) groups excluding carboxylic acids is 2. The maximum absolute atomic E-state index is 12.6. The summed E-state index contributed by atoms with van der Waals surface area (Å²) in [5.74, 6) is 0.385. The average molecular weight is 592 g/mol. The van der Waals surface area contributed by atoms with Crippen LogP contribution in [0.2, 0.25) is 5.02 Å². The average Bonchev–Trinajstić information content (AvgIpc) is 2.95. The zero-order valence-corrected chi connectivity index (χ0v) is 24.3. The highest BCUT2D eigenvalue weighted by Crippen LogP contribution is 2.35. The molecule has 4 aromatic rings. The van der Waals surface area contributed by atoms with E-state index in [0.29, 0.717) is 51.7 Å². The third-order valence-corrected chi connectivity index (χ3v) is 7.59. The lowest BCUT2D eigenvalue weighted by molar-refractivity contribution is -0.142. The van der Waals surface area contributed by atoms with E-state index in [1.807, 2.05) is 24.3 Å². The van der Waals surface area contributed by atoms with E-state index in [1.165, 1.54) is 6.07 Å². The van der Waals surface area contributed by atoms with Gasteiger partial charge in [-0.25, -0.2) is 8.42 Å². The first-order valence-electron chi connectivity index (χ1n) is 13.0. The summed E-state index contributed by atoms with van der Waals surface area (Å²) in [6.45, 7) is 2.50. The molecule has 1 amide bonds. The van der Waals surface area contributed by atoms with Gasteiger partial charge in [-0.15, -0.1) is 0 Å². The second-order valence-electron chi connectivity index (χ2n) is 9.37. The molecule has 0 bridgehead atoms. The molecule has 0 radical (unpaired) electrons. The van der Waals surface area contributed by atoms with E-state index in [-0.39, 0.29) is 29.8 Å². The van der Waals surface area contributed by atoms with E-state index >= 15 is 0 Å². The molecule has 0 saturated carbocycles. The molecule has 9 heteroatoms. The van der Waals surface area contributed by atoms with E-state index in [9.17, 15) is 18.0 Å². The fourth-order valence-corrected chi connectivity index (χ4v) is 4.94. The molecule has 0 heterocycles. The minimum absolute atomic E-state index is 0.0642. The number of carbonyl (C=O) groups is 2. The standard InChI is InChI=1S/C32H30ClNO6S/c1-3-39-31(35)20-23-9-16-30(29(19-23)25-5-4-6-28(21-25)41(2,37)38)40-27-14-10-24(11-15-27)32(36)34-18-17-22-7-12-26(33)13-8-22/h4-16,19,21H,3,17-18,20H2,1-2H3,(H,34,36). The lowest BCUT2D eigenvalue weighted by atomic mass is 10.0. The van der Waals surface area contributed by atoms with E-state index in [0.717, 1.165) is 11.8 Å². The summed E-state index contributed by atoms with van der Waals surface area (Å²) in [6.07, 6.45) is 1.89. The van der Waals surface area contributed by atoms with E-state index in [2.05, 4.69) is 5.32 Å². The molecule has 4 rings (SSSR count). The molecule has 4 aromatic carbocycles. The number of ether oxygens (including phenoxy) is 2. The lowest BCUT2D eigenvalue weighted by Gasteiger charge is -2.14. The molecular formula is C32H30ClNO6S. The molecule has 0 aromatic heterocycles. The van der Waals surface area contributed by atoms with Crippen molar-refractivity contribution >= 4 is 33.3 Å². The highest BCUT2D eigenvalue weighted by Gasteiger charge is 2.15. The number of esters is 1. The molecular weight excluding hydrogens is 562 g/mol. The summed E-state index contributed by atoms with van der Waals surface area (Å²) in [7, 11) is -3.44. The number of hydrogen-bond acceptors (Lipinski definition) is 6. The van der Waals surface area contributed by atoms with Gasteiger partial charge >= 0.3 is 5.97 Å². The van der Waals surface area contributed by atoms with Crippen molar-refractivity contribution in [1.29, 1.82) is 0 Å². The summed E-state index contributed by atoms with van der Waals surface area (Å²) >= 11 is 5.92. The molecule has 0 unspecified atom stereocenters. The van der Waals surface area contributed by atoms with Gasteiger partial charge in [0.15, 0.2) is 9.84 Å². The molecule has 0 saturated heterocycles. The van der Waals surface area contributed by atoms with Crippen molar-refractivity contribution in [3.05, 3.63) is 113 Å². The number of halogens is 1. The molecule has 0 aliphatic carbocycles. The fourth-order valence-electron chi connectivity index (χ4n) is 4.15. The quantitative estimate of drug-likeness (QED) is 0.206. The Morgan fingerprint density at radius 1 is 0.878 bits per heavy atom. The highest BCUT2D eigenvalue weighted by molar-refractivity contribution is 7.90. The minimum atomic E-state index is -3.44. The van der Waals surface area contributed by atoms with Crippen molar-refractivity contribution in [3.8, 4) is 22.6 Å². The fraction of sp³-hybridized carbons (Fsp3) is 0.188. The predicted molar refractivity (Wildman–Crippen MR) is 159 cm³/mol. The Balaban J connectivity index is 1.52. The smallest absolute Gasteiger partial charge is 0.310 e. The number of amides is 1. The van der Waals surface area contributed by atoms with Crippen LogP contribution in [-0.4, -0.2) is 39.7 Å². The molecule has 41 heavy (non-hydrogen) atoms. The summed E-state index contributed by atoms with van der Waals surface area (Å²) < 4.78 is 35.6. The number of benzene rings is 4. The lowest BCUT2D eigenvalue weighted by Crippen LogP contribution is -2.25. The summed E-state index contributed by atoms with van der Waals surface area (Å²) in [5, 5.41) is 3.58. The molecule has 212 valence electrons. The Kier molecular flexibility index (Phi) is 9.81. The van der Waals surface area contributed by atoms with E-state index in [1.54, 1.807) is 67.6 Å². The molecule has 0 aliphatic heterocycles. The first-order valence-corrected chi connectivity index (χ1v) is 15.3. The SMILES string of the molecule is CCOC(=O)Cc1ccc(Oc2ccc(C(=O)NCCc3ccc(Cl)cc3)cc2)c(-c2cccc(S(C)(=O)=O)c2)c1. The van der Waals surface area contributed by atoms with Gasteiger partial charge < -0.3 is 14.8 Å². The second-order valence-corrected chi connectivity index (χ2v) is 11.8. The largest absolute Gasteiger partial charge is 0.466 e. The van der Waals surface area contributed by atoms with Crippen molar-refractivity contribution in [1.82, 2.24) is 5.32 Å². The Labute approximate surface area is 245 Å². The molecule has 7 nitrogen and oxygen atoms in total. The van der Waals surface area contributed by atoms with Crippen LogP contribution >= 0.6 is 11.6 Å². The van der Waals surface area contributed by atoms with Gasteiger partial charge in [0.05, 0.1) is 17.9 Å². The van der Waals surface area contributed by atoms with Crippen molar-refractivity contribution in [2.45, 2.75) is 24.7 Å². The number of nitrogens with one attached hydrogen (secondary N) is 1. The first kappa shape index (κ1) is 29.8. The van der Waals surface area contributed by atoms with Crippen LogP contribution in [0.1, 0.15) is 28.4 Å². The maximum Gasteiger partial charge on any atom is 0.310 e. The van der Waals surface area contributed by atoms with Crippen LogP contribution in [0.25, 0.3) is 11.1 Å². The Hall–Kier alpha value is -4.14. The number of hydrogen-bond donors (Lipinski definition) is 1. The minimum Gasteiger partial charge on any atom is -0.466 e. The van der Waals surface area contributed by atoms with Gasteiger partial charge in [-0.3, -0.25) is 9.59 Å². The maximum atomic E-state index is 12.6. The second kappa shape index (κ2) is 13.5. The summed E-state index contributed by atoms with van der Waals surface area (Å²) in [6, 6.07) is 26.0. The van der Waals surface area contributed by atoms with Crippen molar-refractivity contribution in [2.24, 2.45) is 0 Å². The van der Waals surface area contributed by atoms with Gasteiger partial charge in [0.2, 0.25) is 0 Å². The van der Waals surface area contributed by atoms with E-state index < -0.39 is 9.84 Å². The van der Waals surface area contributed by atoms with Crippen LogP contribution in [0.3, 0.4) is 0 Å². The van der Waals surface area contributed by atoms with Crippen LogP contribution in [0.4, 0.5) is 0 Å². The molecule has 0 fully saturated rings. The van der Waals surface area contributed by atoms with Gasteiger partial charge in [0, 0.05) is 29.0 Å². The topological polar surface area (TPSA) is 98.8 Å². The molecule has 0 atom stereocenters. The van der Waals surface area contributed by atoms with Gasteiger partial charge in [0.25, 0.3) is 5.91 Å². The first-order chi connectivity index (χ1) is 19.6. The summed E-state index contributed by atoms with van der Waals surface area (Å²) in [4.78, 5) is 24.9.